The zero-order valence-corrected chi connectivity index (χ0v) is 18.7. The molecule has 2 N–H and O–H groups in total. The summed E-state index contributed by atoms with van der Waals surface area (Å²) in [7, 11) is 0. The van der Waals surface area contributed by atoms with Crippen molar-refractivity contribution >= 4 is 35.0 Å². The number of nitrogen functional groups attached to an aromatic ring is 1. The number of imidazole rings is 1. The van der Waals surface area contributed by atoms with E-state index in [1.165, 1.54) is 13.1 Å². The van der Waals surface area contributed by atoms with E-state index in [1.807, 2.05) is 0 Å². The van der Waals surface area contributed by atoms with Gasteiger partial charge >= 0.3 is 17.6 Å². The van der Waals surface area contributed by atoms with Gasteiger partial charge in [0.25, 0.3) is 0 Å². The van der Waals surface area contributed by atoms with E-state index in [0.717, 1.165) is 28.9 Å². The lowest BCUT2D eigenvalue weighted by Crippen LogP contribution is -2.39. The second-order valence-corrected chi connectivity index (χ2v) is 8.02. The van der Waals surface area contributed by atoms with Crippen LogP contribution >= 0.6 is 0 Å². The molecule has 4 heterocycles. The monoisotopic (exact) mass is 480 g/mol. The molecule has 2 aromatic rings. The molecule has 0 aliphatic carbocycles. The zero-order valence-electron chi connectivity index (χ0n) is 18.7. The summed E-state index contributed by atoms with van der Waals surface area (Å²) in [6, 6.07) is 0. The molecule has 0 saturated carbocycles. The molecular weight excluding hydrogens is 455 g/mol. The van der Waals surface area contributed by atoms with Gasteiger partial charge in [-0.2, -0.15) is 4.98 Å². The van der Waals surface area contributed by atoms with Crippen molar-refractivity contribution in [2.75, 3.05) is 18.8 Å². The molecule has 2 aromatic heterocycles. The first-order chi connectivity index (χ1) is 16.2. The highest BCUT2D eigenvalue weighted by atomic mass is 19.1. The molecule has 0 bridgehead atoms. The molecule has 2 aliphatic heterocycles. The number of hydrogen-bond acceptors (Lipinski definition) is 10. The maximum atomic E-state index is 15.2. The Morgan fingerprint density at radius 3 is 2.62 bits per heavy atom. The van der Waals surface area contributed by atoms with Crippen molar-refractivity contribution in [1.82, 2.24) is 24.0 Å². The molecule has 34 heavy (non-hydrogen) atoms. The van der Waals surface area contributed by atoms with Crippen molar-refractivity contribution < 1.29 is 33.0 Å². The number of alkyl halides is 1. The maximum absolute atomic E-state index is 15.2. The second-order valence-electron chi connectivity index (χ2n) is 8.02. The van der Waals surface area contributed by atoms with Crippen molar-refractivity contribution in [3.8, 4) is 0 Å². The zero-order chi connectivity index (χ0) is 24.6. The Bertz CT molecular complexity index is 1170. The van der Waals surface area contributed by atoms with Crippen molar-refractivity contribution in [2.45, 2.75) is 64.4 Å². The number of rotatable bonds is 6. The lowest BCUT2D eigenvalue weighted by atomic mass is 10.2. The number of carbonyl (C=O) groups is 3. The second kappa shape index (κ2) is 9.37. The molecule has 14 heteroatoms. The van der Waals surface area contributed by atoms with Crippen LogP contribution in [0.5, 0.6) is 0 Å². The van der Waals surface area contributed by atoms with Gasteiger partial charge < -0.3 is 24.8 Å². The Kier molecular flexibility index (Phi) is 6.50. The summed E-state index contributed by atoms with van der Waals surface area (Å²) in [5, 5.41) is 0. The van der Waals surface area contributed by atoms with Gasteiger partial charge in [0.15, 0.2) is 18.0 Å². The molecule has 13 nitrogen and oxygen atoms in total. The van der Waals surface area contributed by atoms with E-state index in [0.29, 0.717) is 13.1 Å². The Labute approximate surface area is 192 Å². The fraction of sp³-hybridized carbons (Fsp3) is 0.600. The van der Waals surface area contributed by atoms with Crippen LogP contribution in [0.3, 0.4) is 0 Å². The van der Waals surface area contributed by atoms with Gasteiger partial charge in [0.05, 0.1) is 6.20 Å². The molecule has 4 atom stereocenters. The third kappa shape index (κ3) is 4.32. The Balaban J connectivity index is 1.78. The predicted octanol–water partition coefficient (Wildman–Crippen LogP) is -0.124. The molecule has 1 amide bonds. The van der Waals surface area contributed by atoms with Gasteiger partial charge in [0.2, 0.25) is 24.3 Å². The quantitative estimate of drug-likeness (QED) is 0.552. The molecule has 184 valence electrons. The van der Waals surface area contributed by atoms with Gasteiger partial charge in [0.1, 0.15) is 12.1 Å². The predicted molar refractivity (Wildman–Crippen MR) is 113 cm³/mol. The van der Waals surface area contributed by atoms with E-state index in [4.69, 9.17) is 19.9 Å². The minimum Gasteiger partial charge on any atom is -0.454 e. The van der Waals surface area contributed by atoms with E-state index < -0.39 is 42.4 Å². The van der Waals surface area contributed by atoms with Gasteiger partial charge in [0, 0.05) is 26.4 Å². The number of fused-ring (bicyclic) bond motifs is 1. The summed E-state index contributed by atoms with van der Waals surface area (Å²) >= 11 is 0. The van der Waals surface area contributed by atoms with E-state index in [2.05, 4.69) is 9.97 Å². The molecule has 0 radical (unpaired) electrons. The van der Waals surface area contributed by atoms with E-state index in [-0.39, 0.29) is 36.0 Å². The van der Waals surface area contributed by atoms with Crippen LogP contribution in [0.1, 0.15) is 39.3 Å². The molecule has 0 unspecified atom stereocenters. The summed E-state index contributed by atoms with van der Waals surface area (Å²) < 4.78 is 32.8. The highest BCUT2D eigenvalue weighted by Crippen LogP contribution is 2.35. The lowest BCUT2D eigenvalue weighted by Gasteiger charge is -2.19. The number of esters is 2. The van der Waals surface area contributed by atoms with Crippen LogP contribution in [-0.2, 0) is 35.1 Å². The van der Waals surface area contributed by atoms with Gasteiger partial charge in [-0.25, -0.2) is 18.7 Å². The Hall–Kier alpha value is -3.55. The van der Waals surface area contributed by atoms with Crippen molar-refractivity contribution in [1.29, 1.82) is 0 Å². The summed E-state index contributed by atoms with van der Waals surface area (Å²) in [5.74, 6) is -2.04. The number of halogens is 1. The smallest absolute Gasteiger partial charge is 0.333 e. The van der Waals surface area contributed by atoms with Crippen LogP contribution in [0.2, 0.25) is 0 Å². The highest BCUT2D eigenvalue weighted by Gasteiger charge is 2.52. The molecule has 0 spiro atoms. The van der Waals surface area contributed by atoms with Crippen LogP contribution in [0, 0.1) is 0 Å². The molecule has 0 aromatic carbocycles. The Morgan fingerprint density at radius 2 is 1.97 bits per heavy atom. The number of amides is 1. The fourth-order valence-electron chi connectivity index (χ4n) is 4.09. The van der Waals surface area contributed by atoms with Crippen molar-refractivity contribution in [3.63, 3.8) is 0 Å². The van der Waals surface area contributed by atoms with Crippen LogP contribution in [0.25, 0.3) is 11.2 Å². The number of anilines is 1. The minimum absolute atomic E-state index is 0.0445. The van der Waals surface area contributed by atoms with Crippen LogP contribution < -0.4 is 11.4 Å². The highest BCUT2D eigenvalue weighted by molar-refractivity contribution is 5.79. The van der Waals surface area contributed by atoms with Crippen LogP contribution in [0.15, 0.2) is 11.0 Å². The number of aromatic nitrogens is 4. The number of likely N-dealkylation sites (tertiary alicyclic amines) is 1. The third-order valence-electron chi connectivity index (χ3n) is 5.70. The number of nitrogens with zero attached hydrogens (tertiary/aromatic N) is 5. The van der Waals surface area contributed by atoms with E-state index in [1.54, 1.807) is 4.90 Å². The first-order valence-electron chi connectivity index (χ1n) is 10.9. The van der Waals surface area contributed by atoms with Crippen molar-refractivity contribution in [2.24, 2.45) is 0 Å². The van der Waals surface area contributed by atoms with Crippen molar-refractivity contribution in [3.05, 3.63) is 16.7 Å². The first kappa shape index (κ1) is 23.6. The van der Waals surface area contributed by atoms with Crippen LogP contribution in [0.4, 0.5) is 10.3 Å². The van der Waals surface area contributed by atoms with Crippen LogP contribution in [-0.4, -0.2) is 73.5 Å². The maximum Gasteiger partial charge on any atom is 0.333 e. The van der Waals surface area contributed by atoms with E-state index in [9.17, 15) is 19.2 Å². The average molecular weight is 480 g/mol. The molecule has 2 aliphatic rings. The van der Waals surface area contributed by atoms with Gasteiger partial charge in [-0.05, 0) is 12.8 Å². The lowest BCUT2D eigenvalue weighted by molar-refractivity contribution is -0.188. The van der Waals surface area contributed by atoms with E-state index >= 15 is 4.39 Å². The SMILES string of the molecule is CCC(=O)O[C@H]1O[C@@H](n2c(=O)n(CC(=O)N3CCCC3)c3cnc(N)nc32)[C@H](OC(C)=O)[C@H]1F. The fourth-order valence-corrected chi connectivity index (χ4v) is 4.09. The standard InChI is InChI=1S/C20H25FN6O7/c1-3-13(30)33-18-14(21)15(32-10(2)28)17(34-18)27-16-11(8-23-19(22)24-16)26(20(27)31)9-12(29)25-6-4-5-7-25/h8,14-15,17-18H,3-7,9H2,1-2H3,(H2,22,23,24)/t14-,15-,17-,18+/m1/s1. The normalized spacial score (nSPS) is 24.5. The number of nitrogens with two attached hydrogens (primary N) is 1. The third-order valence-corrected chi connectivity index (χ3v) is 5.70. The molecular formula is C20H25FN6O7. The molecule has 2 saturated heterocycles. The largest absolute Gasteiger partial charge is 0.454 e. The number of hydrogen-bond donors (Lipinski definition) is 1. The van der Waals surface area contributed by atoms with Gasteiger partial charge in [-0.1, -0.05) is 6.92 Å². The molecule has 4 rings (SSSR count). The summed E-state index contributed by atoms with van der Waals surface area (Å²) in [6.45, 7) is 3.44. The first-order valence-corrected chi connectivity index (χ1v) is 10.9. The summed E-state index contributed by atoms with van der Waals surface area (Å²) in [5.41, 5.74) is 5.04. The molecule has 2 fully saturated rings. The van der Waals surface area contributed by atoms with Gasteiger partial charge in [-0.15, -0.1) is 0 Å². The average Bonchev–Trinajstić information content (AvgIpc) is 3.48. The number of ether oxygens (including phenoxy) is 3. The summed E-state index contributed by atoms with van der Waals surface area (Å²) in [6.07, 6.45) is -4.01. The topological polar surface area (TPSA) is 161 Å². The minimum atomic E-state index is -2.08. The summed E-state index contributed by atoms with van der Waals surface area (Å²) in [4.78, 5) is 59.2. The van der Waals surface area contributed by atoms with Gasteiger partial charge in [-0.3, -0.25) is 19.0 Å². The Morgan fingerprint density at radius 1 is 1.26 bits per heavy atom. The number of carbonyl (C=O) groups excluding carboxylic acids is 3.